The standard InChI is InChI=1S/C16H22N2O3/c1-4-10(2)14(16(20)21-3)18-15(19)11-5-6-12-8-17-9-13(12)7-11/h5-7,10,14,17H,4,8-9H2,1-3H3,(H,18,19). The number of hydrogen-bond acceptors (Lipinski definition) is 4. The molecule has 1 aliphatic rings. The quantitative estimate of drug-likeness (QED) is 0.808. The smallest absolute Gasteiger partial charge is 0.328 e. The second-order valence-corrected chi connectivity index (χ2v) is 5.45. The molecule has 1 aromatic carbocycles. The van der Waals surface area contributed by atoms with Gasteiger partial charge in [-0.1, -0.05) is 26.3 Å². The zero-order chi connectivity index (χ0) is 15.4. The predicted octanol–water partition coefficient (Wildman–Crippen LogP) is 1.61. The summed E-state index contributed by atoms with van der Waals surface area (Å²) in [7, 11) is 1.34. The molecule has 1 aromatic rings. The maximum atomic E-state index is 12.4. The highest BCUT2D eigenvalue weighted by Gasteiger charge is 2.27. The van der Waals surface area contributed by atoms with E-state index in [1.165, 1.54) is 12.7 Å². The van der Waals surface area contributed by atoms with Crippen LogP contribution < -0.4 is 10.6 Å². The molecule has 0 radical (unpaired) electrons. The van der Waals surface area contributed by atoms with E-state index in [1.807, 2.05) is 26.0 Å². The number of hydrogen-bond donors (Lipinski definition) is 2. The van der Waals surface area contributed by atoms with Crippen LogP contribution in [0.3, 0.4) is 0 Å². The first-order valence-electron chi connectivity index (χ1n) is 7.28. The molecular formula is C16H22N2O3. The Morgan fingerprint density at radius 2 is 2.05 bits per heavy atom. The molecule has 0 aliphatic carbocycles. The average Bonchev–Trinajstić information content (AvgIpc) is 2.98. The fourth-order valence-corrected chi connectivity index (χ4v) is 2.46. The van der Waals surface area contributed by atoms with Crippen molar-refractivity contribution >= 4 is 11.9 Å². The number of carbonyl (C=O) groups is 2. The van der Waals surface area contributed by atoms with Gasteiger partial charge in [-0.3, -0.25) is 4.79 Å². The van der Waals surface area contributed by atoms with Crippen molar-refractivity contribution in [3.05, 3.63) is 34.9 Å². The van der Waals surface area contributed by atoms with Gasteiger partial charge in [-0.15, -0.1) is 0 Å². The minimum absolute atomic E-state index is 0.0255. The first-order valence-corrected chi connectivity index (χ1v) is 7.28. The maximum Gasteiger partial charge on any atom is 0.328 e. The fourth-order valence-electron chi connectivity index (χ4n) is 2.46. The number of esters is 1. The monoisotopic (exact) mass is 290 g/mol. The number of benzene rings is 1. The molecule has 1 aliphatic heterocycles. The van der Waals surface area contributed by atoms with Crippen LogP contribution in [0, 0.1) is 5.92 Å². The molecule has 2 rings (SSSR count). The Hall–Kier alpha value is -1.88. The van der Waals surface area contributed by atoms with E-state index in [1.54, 1.807) is 6.07 Å². The van der Waals surface area contributed by atoms with Gasteiger partial charge in [-0.05, 0) is 29.2 Å². The third-order valence-corrected chi connectivity index (χ3v) is 4.05. The van der Waals surface area contributed by atoms with Gasteiger partial charge in [0.15, 0.2) is 0 Å². The van der Waals surface area contributed by atoms with Crippen molar-refractivity contribution in [2.75, 3.05) is 7.11 Å². The Morgan fingerprint density at radius 3 is 2.71 bits per heavy atom. The molecular weight excluding hydrogens is 268 g/mol. The molecule has 5 nitrogen and oxygen atoms in total. The van der Waals surface area contributed by atoms with Gasteiger partial charge in [0.2, 0.25) is 0 Å². The van der Waals surface area contributed by atoms with Gasteiger partial charge in [-0.2, -0.15) is 0 Å². The number of amides is 1. The summed E-state index contributed by atoms with van der Waals surface area (Å²) in [6.45, 7) is 5.53. The third-order valence-electron chi connectivity index (χ3n) is 4.05. The van der Waals surface area contributed by atoms with E-state index in [0.29, 0.717) is 5.56 Å². The SMILES string of the molecule is CCC(C)C(NC(=O)c1ccc2c(c1)CNC2)C(=O)OC. The topological polar surface area (TPSA) is 67.4 Å². The summed E-state index contributed by atoms with van der Waals surface area (Å²) in [5.41, 5.74) is 2.94. The van der Waals surface area contributed by atoms with Crippen molar-refractivity contribution in [2.45, 2.75) is 39.4 Å². The van der Waals surface area contributed by atoms with Crippen molar-refractivity contribution in [2.24, 2.45) is 5.92 Å². The van der Waals surface area contributed by atoms with Crippen LogP contribution in [0.4, 0.5) is 0 Å². The van der Waals surface area contributed by atoms with Crippen LogP contribution in [0.5, 0.6) is 0 Å². The van der Waals surface area contributed by atoms with Crippen LogP contribution in [0.15, 0.2) is 18.2 Å². The highest BCUT2D eigenvalue weighted by Crippen LogP contribution is 2.17. The second-order valence-electron chi connectivity index (χ2n) is 5.45. The largest absolute Gasteiger partial charge is 0.467 e. The first kappa shape index (κ1) is 15.5. The molecule has 1 heterocycles. The molecule has 2 atom stereocenters. The second kappa shape index (κ2) is 6.72. The van der Waals surface area contributed by atoms with Crippen LogP contribution in [0.1, 0.15) is 41.8 Å². The van der Waals surface area contributed by atoms with Gasteiger partial charge in [-0.25, -0.2) is 4.79 Å². The van der Waals surface area contributed by atoms with Gasteiger partial charge in [0.05, 0.1) is 7.11 Å². The van der Waals surface area contributed by atoms with Crippen molar-refractivity contribution < 1.29 is 14.3 Å². The van der Waals surface area contributed by atoms with Crippen molar-refractivity contribution in [3.63, 3.8) is 0 Å². The Balaban J connectivity index is 2.13. The summed E-state index contributed by atoms with van der Waals surface area (Å²) in [5, 5.41) is 6.04. The summed E-state index contributed by atoms with van der Waals surface area (Å²) in [6.07, 6.45) is 0.786. The summed E-state index contributed by atoms with van der Waals surface area (Å²) in [5.74, 6) is -0.613. The molecule has 0 saturated heterocycles. The van der Waals surface area contributed by atoms with Gasteiger partial charge in [0.1, 0.15) is 6.04 Å². The lowest BCUT2D eigenvalue weighted by molar-refractivity contribution is -0.144. The summed E-state index contributed by atoms with van der Waals surface area (Å²) in [6, 6.07) is 5.03. The number of methoxy groups -OCH3 is 1. The van der Waals surface area contributed by atoms with E-state index in [2.05, 4.69) is 10.6 Å². The van der Waals surface area contributed by atoms with Gasteiger partial charge in [0.25, 0.3) is 5.91 Å². The van der Waals surface area contributed by atoms with Crippen LogP contribution in [-0.4, -0.2) is 25.0 Å². The van der Waals surface area contributed by atoms with Crippen LogP contribution in [0.25, 0.3) is 0 Å². The fraction of sp³-hybridized carbons (Fsp3) is 0.500. The maximum absolute atomic E-state index is 12.4. The first-order chi connectivity index (χ1) is 10.1. The molecule has 2 unspecified atom stereocenters. The Morgan fingerprint density at radius 1 is 1.33 bits per heavy atom. The van der Waals surface area contributed by atoms with Gasteiger partial charge < -0.3 is 15.4 Å². The lowest BCUT2D eigenvalue weighted by atomic mass is 9.98. The average molecular weight is 290 g/mol. The minimum Gasteiger partial charge on any atom is -0.467 e. The highest BCUT2D eigenvalue weighted by atomic mass is 16.5. The van der Waals surface area contributed by atoms with Crippen LogP contribution in [0.2, 0.25) is 0 Å². The van der Waals surface area contributed by atoms with Crippen molar-refractivity contribution in [3.8, 4) is 0 Å². The van der Waals surface area contributed by atoms with E-state index in [0.717, 1.165) is 25.1 Å². The highest BCUT2D eigenvalue weighted by molar-refractivity contribution is 5.97. The summed E-state index contributed by atoms with van der Waals surface area (Å²) >= 11 is 0. The molecule has 1 amide bonds. The van der Waals surface area contributed by atoms with E-state index in [-0.39, 0.29) is 11.8 Å². The Kier molecular flexibility index (Phi) is 4.96. The molecule has 0 spiro atoms. The van der Waals surface area contributed by atoms with E-state index >= 15 is 0 Å². The lowest BCUT2D eigenvalue weighted by Crippen LogP contribution is -2.45. The molecule has 0 bridgehead atoms. The summed E-state index contributed by atoms with van der Waals surface area (Å²) < 4.78 is 4.78. The van der Waals surface area contributed by atoms with E-state index in [4.69, 9.17) is 4.74 Å². The van der Waals surface area contributed by atoms with Crippen LogP contribution >= 0.6 is 0 Å². The number of ether oxygens (including phenoxy) is 1. The zero-order valence-corrected chi connectivity index (χ0v) is 12.7. The van der Waals surface area contributed by atoms with Gasteiger partial charge >= 0.3 is 5.97 Å². The molecule has 0 saturated carbocycles. The van der Waals surface area contributed by atoms with E-state index in [9.17, 15) is 9.59 Å². The minimum atomic E-state index is -0.612. The number of rotatable bonds is 5. The van der Waals surface area contributed by atoms with Crippen LogP contribution in [-0.2, 0) is 22.6 Å². The third kappa shape index (κ3) is 3.42. The molecule has 0 fully saturated rings. The summed E-state index contributed by atoms with van der Waals surface area (Å²) in [4.78, 5) is 24.2. The number of fused-ring (bicyclic) bond motifs is 1. The zero-order valence-electron chi connectivity index (χ0n) is 12.7. The van der Waals surface area contributed by atoms with Crippen molar-refractivity contribution in [1.29, 1.82) is 0 Å². The van der Waals surface area contributed by atoms with E-state index < -0.39 is 12.0 Å². The normalized spacial score (nSPS) is 16.0. The number of carbonyl (C=O) groups excluding carboxylic acids is 2. The number of nitrogens with one attached hydrogen (secondary N) is 2. The molecule has 21 heavy (non-hydrogen) atoms. The van der Waals surface area contributed by atoms with Gasteiger partial charge in [0, 0.05) is 18.7 Å². The molecule has 5 heteroatoms. The molecule has 0 aromatic heterocycles. The Labute approximate surface area is 125 Å². The van der Waals surface area contributed by atoms with Crippen molar-refractivity contribution in [1.82, 2.24) is 10.6 Å². The molecule has 2 N–H and O–H groups in total. The lowest BCUT2D eigenvalue weighted by Gasteiger charge is -2.22. The molecule has 114 valence electrons. The predicted molar refractivity (Wildman–Crippen MR) is 79.7 cm³/mol. The Bertz CT molecular complexity index is 542.